The van der Waals surface area contributed by atoms with Crippen molar-refractivity contribution in [2.45, 2.75) is 38.3 Å². The molecule has 0 unspecified atom stereocenters. The quantitative estimate of drug-likeness (QED) is 0.851. The van der Waals surface area contributed by atoms with Crippen molar-refractivity contribution in [1.29, 1.82) is 0 Å². The second kappa shape index (κ2) is 7.20. The number of hydrogen-bond acceptors (Lipinski definition) is 3. The van der Waals surface area contributed by atoms with Crippen LogP contribution in [0.15, 0.2) is 54.7 Å². The lowest BCUT2D eigenvalue weighted by atomic mass is 9.75. The van der Waals surface area contributed by atoms with E-state index in [1.54, 1.807) is 0 Å². The number of amides is 1. The van der Waals surface area contributed by atoms with Gasteiger partial charge in [0.15, 0.2) is 0 Å². The van der Waals surface area contributed by atoms with Gasteiger partial charge < -0.3 is 4.90 Å². The lowest BCUT2D eigenvalue weighted by molar-refractivity contribution is -0.137. The summed E-state index contributed by atoms with van der Waals surface area (Å²) in [6.07, 6.45) is 5.74. The third-order valence-corrected chi connectivity index (χ3v) is 6.19. The molecular formula is C22H27N3O. The first-order chi connectivity index (χ1) is 12.7. The van der Waals surface area contributed by atoms with Crippen molar-refractivity contribution in [1.82, 2.24) is 14.8 Å². The van der Waals surface area contributed by atoms with Crippen LogP contribution in [0.5, 0.6) is 0 Å². The predicted molar refractivity (Wildman–Crippen MR) is 103 cm³/mol. The summed E-state index contributed by atoms with van der Waals surface area (Å²) in [6, 6.07) is 16.9. The van der Waals surface area contributed by atoms with Gasteiger partial charge in [0.25, 0.3) is 0 Å². The monoisotopic (exact) mass is 349 g/mol. The van der Waals surface area contributed by atoms with E-state index in [2.05, 4.69) is 40.2 Å². The fraction of sp³-hybridized carbons (Fsp3) is 0.455. The molecule has 1 spiro atoms. The number of likely N-dealkylation sites (tertiary alicyclic amines) is 2. The highest BCUT2D eigenvalue weighted by atomic mass is 16.2. The standard InChI is InChI=1S/C22H27N3O/c1-24-20(15-18-7-3-2-4-8-18)16-22(21(24)26)10-13-25(14-11-22)17-19-9-5-6-12-23-19/h2-9,12,20H,10-11,13-17H2,1H3/t20-/m1/s1. The molecule has 2 aromatic rings. The number of pyridine rings is 1. The van der Waals surface area contributed by atoms with Gasteiger partial charge in [-0.05, 0) is 56.5 Å². The maximum atomic E-state index is 13.0. The molecule has 1 amide bonds. The molecule has 0 radical (unpaired) electrons. The average Bonchev–Trinajstić information content (AvgIpc) is 2.90. The molecule has 1 atom stereocenters. The summed E-state index contributed by atoms with van der Waals surface area (Å²) in [5, 5.41) is 0. The van der Waals surface area contributed by atoms with Gasteiger partial charge in [0.05, 0.1) is 11.1 Å². The molecule has 2 saturated heterocycles. The van der Waals surface area contributed by atoms with Crippen molar-refractivity contribution in [3.8, 4) is 0 Å². The highest BCUT2D eigenvalue weighted by molar-refractivity contribution is 5.85. The van der Waals surface area contributed by atoms with E-state index in [9.17, 15) is 4.79 Å². The van der Waals surface area contributed by atoms with Gasteiger partial charge in [-0.15, -0.1) is 0 Å². The number of rotatable bonds is 4. The summed E-state index contributed by atoms with van der Waals surface area (Å²) in [5.74, 6) is 0.357. The smallest absolute Gasteiger partial charge is 0.228 e. The van der Waals surface area contributed by atoms with Gasteiger partial charge in [-0.25, -0.2) is 0 Å². The Kier molecular flexibility index (Phi) is 4.77. The van der Waals surface area contributed by atoms with Crippen LogP contribution in [-0.4, -0.2) is 46.9 Å². The Morgan fingerprint density at radius 3 is 2.50 bits per heavy atom. The number of likely N-dealkylation sites (N-methyl/N-ethyl adjacent to an activating group) is 1. The van der Waals surface area contributed by atoms with Crippen LogP contribution >= 0.6 is 0 Å². The molecule has 2 aliphatic heterocycles. The fourth-order valence-corrected chi connectivity index (χ4v) is 4.59. The van der Waals surface area contributed by atoms with Crippen LogP contribution in [0.2, 0.25) is 0 Å². The van der Waals surface area contributed by atoms with E-state index in [4.69, 9.17) is 0 Å². The van der Waals surface area contributed by atoms with Crippen molar-refractivity contribution >= 4 is 5.91 Å². The van der Waals surface area contributed by atoms with E-state index < -0.39 is 0 Å². The third-order valence-electron chi connectivity index (χ3n) is 6.19. The van der Waals surface area contributed by atoms with Gasteiger partial charge in [-0.1, -0.05) is 36.4 Å². The minimum absolute atomic E-state index is 0.144. The van der Waals surface area contributed by atoms with Crippen LogP contribution in [0.4, 0.5) is 0 Å². The van der Waals surface area contributed by atoms with Gasteiger partial charge in [0, 0.05) is 25.8 Å². The highest BCUT2D eigenvalue weighted by Crippen LogP contribution is 2.44. The number of hydrogen-bond donors (Lipinski definition) is 0. The Morgan fingerprint density at radius 1 is 1.08 bits per heavy atom. The van der Waals surface area contributed by atoms with Gasteiger partial charge >= 0.3 is 0 Å². The third kappa shape index (κ3) is 3.38. The topological polar surface area (TPSA) is 36.4 Å². The first kappa shape index (κ1) is 17.2. The molecule has 4 nitrogen and oxygen atoms in total. The van der Waals surface area contributed by atoms with Gasteiger partial charge in [0.1, 0.15) is 0 Å². The number of carbonyl (C=O) groups is 1. The summed E-state index contributed by atoms with van der Waals surface area (Å²) in [4.78, 5) is 21.9. The van der Waals surface area contributed by atoms with Gasteiger partial charge in [-0.2, -0.15) is 0 Å². The molecule has 4 rings (SSSR count). The van der Waals surface area contributed by atoms with Crippen molar-refractivity contribution < 1.29 is 4.79 Å². The van der Waals surface area contributed by atoms with E-state index in [0.717, 1.165) is 51.0 Å². The van der Waals surface area contributed by atoms with E-state index in [1.165, 1.54) is 5.56 Å². The summed E-state index contributed by atoms with van der Waals surface area (Å²) in [6.45, 7) is 2.84. The molecular weight excluding hydrogens is 322 g/mol. The van der Waals surface area contributed by atoms with Crippen LogP contribution in [0.1, 0.15) is 30.5 Å². The summed E-state index contributed by atoms with van der Waals surface area (Å²) in [5.41, 5.74) is 2.29. The first-order valence-electron chi connectivity index (χ1n) is 9.60. The van der Waals surface area contributed by atoms with E-state index in [1.807, 2.05) is 36.3 Å². The Hall–Kier alpha value is -2.20. The number of aromatic nitrogens is 1. The zero-order chi connectivity index (χ0) is 18.0. The van der Waals surface area contributed by atoms with Crippen LogP contribution in [0.3, 0.4) is 0 Å². The maximum Gasteiger partial charge on any atom is 0.228 e. The van der Waals surface area contributed by atoms with E-state index >= 15 is 0 Å². The molecule has 2 aliphatic rings. The number of nitrogens with zero attached hydrogens (tertiary/aromatic N) is 3. The van der Waals surface area contributed by atoms with Crippen LogP contribution in [0.25, 0.3) is 0 Å². The molecule has 0 aliphatic carbocycles. The molecule has 3 heterocycles. The van der Waals surface area contributed by atoms with Gasteiger partial charge in [-0.3, -0.25) is 14.7 Å². The molecule has 1 aromatic heterocycles. The minimum atomic E-state index is -0.144. The molecule has 1 aromatic carbocycles. The molecule has 2 fully saturated rings. The molecule has 0 bridgehead atoms. The second-order valence-electron chi connectivity index (χ2n) is 7.84. The molecule has 136 valence electrons. The van der Waals surface area contributed by atoms with Crippen molar-refractivity contribution in [2.75, 3.05) is 20.1 Å². The largest absolute Gasteiger partial charge is 0.342 e. The van der Waals surface area contributed by atoms with Crippen molar-refractivity contribution in [2.24, 2.45) is 5.41 Å². The molecule has 0 saturated carbocycles. The van der Waals surface area contributed by atoms with Crippen molar-refractivity contribution in [3.05, 3.63) is 66.0 Å². The number of piperidine rings is 1. The summed E-state index contributed by atoms with van der Waals surface area (Å²) >= 11 is 0. The predicted octanol–water partition coefficient (Wildman–Crippen LogP) is 3.14. The number of carbonyl (C=O) groups excluding carboxylic acids is 1. The Labute approximate surface area is 155 Å². The Morgan fingerprint density at radius 2 is 1.81 bits per heavy atom. The van der Waals surface area contributed by atoms with Crippen LogP contribution < -0.4 is 0 Å². The first-order valence-corrected chi connectivity index (χ1v) is 9.60. The van der Waals surface area contributed by atoms with Crippen LogP contribution in [0, 0.1) is 5.41 Å². The van der Waals surface area contributed by atoms with Crippen molar-refractivity contribution in [3.63, 3.8) is 0 Å². The summed E-state index contributed by atoms with van der Waals surface area (Å²) < 4.78 is 0. The van der Waals surface area contributed by atoms with Crippen LogP contribution in [-0.2, 0) is 17.8 Å². The average molecular weight is 349 g/mol. The summed E-state index contributed by atoms with van der Waals surface area (Å²) in [7, 11) is 1.99. The minimum Gasteiger partial charge on any atom is -0.342 e. The lowest BCUT2D eigenvalue weighted by Gasteiger charge is -2.37. The maximum absolute atomic E-state index is 13.0. The highest BCUT2D eigenvalue weighted by Gasteiger charge is 2.50. The Balaban J connectivity index is 1.39. The normalized spacial score (nSPS) is 22.9. The lowest BCUT2D eigenvalue weighted by Crippen LogP contribution is -2.43. The van der Waals surface area contributed by atoms with E-state index in [0.29, 0.717) is 11.9 Å². The number of benzene rings is 1. The SMILES string of the molecule is CN1C(=O)C2(CCN(Cc3ccccn3)CC2)C[C@H]1Cc1ccccc1. The Bertz CT molecular complexity index is 738. The van der Waals surface area contributed by atoms with E-state index in [-0.39, 0.29) is 5.41 Å². The fourth-order valence-electron chi connectivity index (χ4n) is 4.59. The second-order valence-corrected chi connectivity index (χ2v) is 7.84. The molecule has 0 N–H and O–H groups in total. The molecule has 26 heavy (non-hydrogen) atoms. The van der Waals surface area contributed by atoms with Gasteiger partial charge in [0.2, 0.25) is 5.91 Å². The molecule has 4 heteroatoms. The zero-order valence-electron chi connectivity index (χ0n) is 15.5. The zero-order valence-corrected chi connectivity index (χ0v) is 15.5.